The molecule has 2 aromatic rings. The summed E-state index contributed by atoms with van der Waals surface area (Å²) in [6.45, 7) is 1.15. The predicted molar refractivity (Wildman–Crippen MR) is 93.1 cm³/mol. The second-order valence-corrected chi connectivity index (χ2v) is 6.04. The van der Waals surface area contributed by atoms with Gasteiger partial charge in [0.25, 0.3) is 5.91 Å². The van der Waals surface area contributed by atoms with E-state index in [2.05, 4.69) is 10.3 Å². The van der Waals surface area contributed by atoms with Gasteiger partial charge in [-0.1, -0.05) is 0 Å². The van der Waals surface area contributed by atoms with Crippen molar-refractivity contribution in [3.8, 4) is 11.5 Å². The van der Waals surface area contributed by atoms with E-state index in [0.717, 1.165) is 6.42 Å². The first-order chi connectivity index (χ1) is 12.2. The first-order valence-electron chi connectivity index (χ1n) is 8.20. The van der Waals surface area contributed by atoms with Gasteiger partial charge in [0, 0.05) is 29.9 Å². The Labute approximate surface area is 147 Å². The number of methoxy groups -OCH3 is 2. The van der Waals surface area contributed by atoms with Gasteiger partial charge in [0.1, 0.15) is 11.5 Å². The summed E-state index contributed by atoms with van der Waals surface area (Å²) in [5.74, 6) is 1.24. The van der Waals surface area contributed by atoms with Crippen LogP contribution >= 0.6 is 0 Å². The van der Waals surface area contributed by atoms with Crippen molar-refractivity contribution in [1.29, 1.82) is 0 Å². The van der Waals surface area contributed by atoms with Gasteiger partial charge in [-0.15, -0.1) is 0 Å². The van der Waals surface area contributed by atoms with E-state index in [9.17, 15) is 4.79 Å². The molecule has 2 atom stereocenters. The molecule has 3 rings (SSSR count). The Morgan fingerprint density at radius 3 is 2.48 bits per heavy atom. The van der Waals surface area contributed by atoms with Crippen LogP contribution in [0.4, 0.5) is 0 Å². The van der Waals surface area contributed by atoms with Crippen molar-refractivity contribution in [2.75, 3.05) is 27.4 Å². The summed E-state index contributed by atoms with van der Waals surface area (Å²) in [5.41, 5.74) is 1.69. The fraction of sp³-hybridized carbons (Fsp3) is 0.368. The number of aromatic nitrogens is 1. The lowest BCUT2D eigenvalue weighted by Crippen LogP contribution is -2.40. The van der Waals surface area contributed by atoms with E-state index < -0.39 is 0 Å². The molecule has 1 N–H and O–H groups in total. The van der Waals surface area contributed by atoms with Crippen LogP contribution in [0.25, 0.3) is 0 Å². The lowest BCUT2D eigenvalue weighted by Gasteiger charge is -2.19. The minimum atomic E-state index is -0.160. The number of ether oxygens (including phenoxy) is 3. The lowest BCUT2D eigenvalue weighted by atomic mass is 9.95. The third-order valence-corrected chi connectivity index (χ3v) is 4.38. The molecule has 6 heteroatoms. The van der Waals surface area contributed by atoms with Gasteiger partial charge in [0.05, 0.1) is 33.5 Å². The number of benzene rings is 1. The minimum absolute atomic E-state index is 0.0298. The van der Waals surface area contributed by atoms with Crippen LogP contribution in [-0.2, 0) is 11.2 Å². The Kier molecular flexibility index (Phi) is 5.50. The van der Waals surface area contributed by atoms with Gasteiger partial charge < -0.3 is 19.5 Å². The van der Waals surface area contributed by atoms with Gasteiger partial charge in [-0.05, 0) is 36.2 Å². The van der Waals surface area contributed by atoms with Crippen molar-refractivity contribution in [1.82, 2.24) is 10.3 Å². The Morgan fingerprint density at radius 2 is 1.84 bits per heavy atom. The van der Waals surface area contributed by atoms with E-state index >= 15 is 0 Å². The Morgan fingerprint density at radius 1 is 1.16 bits per heavy atom. The summed E-state index contributed by atoms with van der Waals surface area (Å²) >= 11 is 0. The maximum atomic E-state index is 12.6. The summed E-state index contributed by atoms with van der Waals surface area (Å²) in [5, 5.41) is 3.08. The van der Waals surface area contributed by atoms with Crippen LogP contribution in [-0.4, -0.2) is 44.4 Å². The molecule has 0 saturated carbocycles. The van der Waals surface area contributed by atoms with Crippen molar-refractivity contribution in [3.63, 3.8) is 0 Å². The van der Waals surface area contributed by atoms with Gasteiger partial charge in [-0.25, -0.2) is 0 Å². The molecule has 1 fully saturated rings. The summed E-state index contributed by atoms with van der Waals surface area (Å²) in [6, 6.07) is 9.09. The van der Waals surface area contributed by atoms with Crippen molar-refractivity contribution < 1.29 is 19.0 Å². The van der Waals surface area contributed by atoms with E-state index in [1.807, 2.05) is 12.1 Å². The maximum absolute atomic E-state index is 12.6. The van der Waals surface area contributed by atoms with Crippen LogP contribution < -0.4 is 14.8 Å². The second kappa shape index (κ2) is 7.98. The zero-order valence-corrected chi connectivity index (χ0v) is 14.4. The molecule has 0 spiro atoms. The maximum Gasteiger partial charge on any atom is 0.251 e. The average Bonchev–Trinajstić information content (AvgIpc) is 3.08. The van der Waals surface area contributed by atoms with Gasteiger partial charge in [0.15, 0.2) is 0 Å². The van der Waals surface area contributed by atoms with E-state index in [0.29, 0.717) is 30.3 Å². The number of carbonyl (C=O) groups excluding carboxylic acids is 1. The molecule has 0 bridgehead atoms. The molecule has 1 saturated heterocycles. The van der Waals surface area contributed by atoms with Crippen molar-refractivity contribution in [2.45, 2.75) is 12.5 Å². The highest BCUT2D eigenvalue weighted by atomic mass is 16.5. The molecule has 0 unspecified atom stereocenters. The molecule has 25 heavy (non-hydrogen) atoms. The van der Waals surface area contributed by atoms with Crippen LogP contribution in [0, 0.1) is 5.92 Å². The average molecular weight is 342 g/mol. The standard InChI is InChI=1S/C19H22N2O4/c1-23-16-8-14(9-17(10-16)24-2)19(22)21-18-12-25-11-15(18)7-13-3-5-20-6-4-13/h3-6,8-10,15,18H,7,11-12H2,1-2H3,(H,21,22)/t15-,18-/m1/s1. The summed E-state index contributed by atoms with van der Waals surface area (Å²) in [4.78, 5) is 16.7. The number of nitrogens with zero attached hydrogens (tertiary/aromatic N) is 1. The smallest absolute Gasteiger partial charge is 0.251 e. The van der Waals surface area contributed by atoms with Gasteiger partial charge in [-0.3, -0.25) is 9.78 Å². The fourth-order valence-electron chi connectivity index (χ4n) is 2.97. The number of hydrogen-bond acceptors (Lipinski definition) is 5. The van der Waals surface area contributed by atoms with Crippen LogP contribution in [0.1, 0.15) is 15.9 Å². The number of amides is 1. The summed E-state index contributed by atoms with van der Waals surface area (Å²) in [6.07, 6.45) is 4.40. The monoisotopic (exact) mass is 342 g/mol. The van der Waals surface area contributed by atoms with Crippen LogP contribution in [0.3, 0.4) is 0 Å². The number of hydrogen-bond donors (Lipinski definition) is 1. The lowest BCUT2D eigenvalue weighted by molar-refractivity contribution is 0.0924. The van der Waals surface area contributed by atoms with E-state index in [4.69, 9.17) is 14.2 Å². The molecular formula is C19H22N2O4. The molecular weight excluding hydrogens is 320 g/mol. The summed E-state index contributed by atoms with van der Waals surface area (Å²) < 4.78 is 16.0. The molecule has 1 aliphatic heterocycles. The zero-order valence-electron chi connectivity index (χ0n) is 14.4. The van der Waals surface area contributed by atoms with Gasteiger partial charge in [0.2, 0.25) is 0 Å². The molecule has 132 valence electrons. The normalized spacial score (nSPS) is 19.4. The molecule has 0 radical (unpaired) electrons. The second-order valence-electron chi connectivity index (χ2n) is 6.04. The number of pyridine rings is 1. The first-order valence-corrected chi connectivity index (χ1v) is 8.20. The number of carbonyl (C=O) groups is 1. The third kappa shape index (κ3) is 4.28. The number of nitrogens with one attached hydrogen (secondary N) is 1. The molecule has 1 amide bonds. The molecule has 2 heterocycles. The third-order valence-electron chi connectivity index (χ3n) is 4.38. The van der Waals surface area contributed by atoms with Crippen molar-refractivity contribution in [2.24, 2.45) is 5.92 Å². The van der Waals surface area contributed by atoms with Crippen LogP contribution in [0.5, 0.6) is 11.5 Å². The molecule has 1 aromatic carbocycles. The zero-order chi connectivity index (χ0) is 17.6. The van der Waals surface area contributed by atoms with E-state index in [-0.39, 0.29) is 17.9 Å². The minimum Gasteiger partial charge on any atom is -0.497 e. The van der Waals surface area contributed by atoms with E-state index in [1.165, 1.54) is 5.56 Å². The highest BCUT2D eigenvalue weighted by molar-refractivity contribution is 5.95. The summed E-state index contributed by atoms with van der Waals surface area (Å²) in [7, 11) is 3.12. The highest BCUT2D eigenvalue weighted by Gasteiger charge is 2.30. The SMILES string of the molecule is COc1cc(OC)cc(C(=O)N[C@@H]2COC[C@H]2Cc2ccncc2)c1. The van der Waals surface area contributed by atoms with Crippen molar-refractivity contribution >= 4 is 5.91 Å². The Hall–Kier alpha value is -2.60. The van der Waals surface area contributed by atoms with E-state index in [1.54, 1.807) is 44.8 Å². The quantitative estimate of drug-likeness (QED) is 0.870. The predicted octanol–water partition coefficient (Wildman–Crippen LogP) is 2.09. The molecule has 1 aromatic heterocycles. The van der Waals surface area contributed by atoms with Crippen LogP contribution in [0.2, 0.25) is 0 Å². The Balaban J connectivity index is 1.69. The largest absolute Gasteiger partial charge is 0.497 e. The Bertz CT molecular complexity index is 698. The first kappa shape index (κ1) is 17.2. The number of rotatable bonds is 6. The van der Waals surface area contributed by atoms with Gasteiger partial charge >= 0.3 is 0 Å². The highest BCUT2D eigenvalue weighted by Crippen LogP contribution is 2.24. The molecule has 0 aliphatic carbocycles. The van der Waals surface area contributed by atoms with Crippen LogP contribution in [0.15, 0.2) is 42.7 Å². The fourth-order valence-corrected chi connectivity index (χ4v) is 2.97. The molecule has 1 aliphatic rings. The topological polar surface area (TPSA) is 69.7 Å². The van der Waals surface area contributed by atoms with Gasteiger partial charge in [-0.2, -0.15) is 0 Å². The molecule has 6 nitrogen and oxygen atoms in total. The van der Waals surface area contributed by atoms with Crippen molar-refractivity contribution in [3.05, 3.63) is 53.9 Å².